The second-order valence-electron chi connectivity index (χ2n) is 33.6. The van der Waals surface area contributed by atoms with Crippen molar-refractivity contribution in [3.63, 3.8) is 0 Å². The van der Waals surface area contributed by atoms with E-state index in [1.165, 1.54) is 19.4 Å². The van der Waals surface area contributed by atoms with E-state index in [-0.39, 0.29) is 35.2 Å². The molecule has 105 heavy (non-hydrogen) atoms. The molecule has 0 amide bonds. The van der Waals surface area contributed by atoms with E-state index < -0.39 is 270 Å². The SMILES string of the molecule is C[C@@H]1O[C@H](O[C@@H]2[C@@H](O)[C@H](O[C@H]3[C@H](O)[C@@H](O[C@@H]4[C@@H](O[C@H]5CC[C@@]6(C)[C@@H](CC[C@]7(C)[C@@H]6CC=C6[C@H]8CC(C)(C)CC[C@@]8(C(=O)O[C@H]8O[C@@H](CO)[C@H](O)[C@@H](O)[C@@H]8O)CC[C@]67C)[C@]5(C)CO)OC[C@H](O)[C@H]4O)O[C@@H](C)[C@@H]3O)O[C@H](CO)[C@H]2O[C@H]2O[C@@H](CO)[C@H](O[C@H]3OC[C@H](O)[C@@H](O)[C@@H]3O)[C@@H](O)[C@@H]2O)[C@@H](O)[C@H](O)[C@H]1O. The zero-order chi connectivity index (χ0) is 76.4. The van der Waals surface area contributed by atoms with Crippen molar-refractivity contribution in [3.05, 3.63) is 11.6 Å². The van der Waals surface area contributed by atoms with Gasteiger partial charge in [0.25, 0.3) is 0 Å². The minimum absolute atomic E-state index is 0.0622. The van der Waals surface area contributed by atoms with E-state index in [1.807, 2.05) is 6.92 Å². The molecule has 0 spiro atoms. The van der Waals surface area contributed by atoms with Gasteiger partial charge in [-0.1, -0.05) is 53.2 Å². The highest BCUT2D eigenvalue weighted by molar-refractivity contribution is 5.79. The molecule has 20 N–H and O–H groups in total. The summed E-state index contributed by atoms with van der Waals surface area (Å²) in [7, 11) is 0. The number of aliphatic hydroxyl groups excluding tert-OH is 20. The molecule has 35 nitrogen and oxygen atoms in total. The van der Waals surface area contributed by atoms with Crippen LogP contribution >= 0.6 is 0 Å². The normalized spacial score (nSPS) is 55.2. The van der Waals surface area contributed by atoms with Gasteiger partial charge in [-0.3, -0.25) is 4.79 Å². The van der Waals surface area contributed by atoms with Crippen LogP contribution in [0.25, 0.3) is 0 Å². The van der Waals surface area contributed by atoms with Crippen molar-refractivity contribution in [2.24, 2.45) is 50.2 Å². The first kappa shape index (κ1) is 82.4. The van der Waals surface area contributed by atoms with Crippen LogP contribution in [0.2, 0.25) is 0 Å². The highest BCUT2D eigenvalue weighted by Crippen LogP contribution is 2.76. The Labute approximate surface area is 607 Å². The summed E-state index contributed by atoms with van der Waals surface area (Å²) in [5.74, 6) is -0.926. The van der Waals surface area contributed by atoms with Crippen molar-refractivity contribution >= 4 is 5.97 Å². The first-order valence-electron chi connectivity index (χ1n) is 37.1. The molecule has 7 saturated heterocycles. The number of allylic oxidation sites excluding steroid dienone is 2. The van der Waals surface area contributed by atoms with Gasteiger partial charge >= 0.3 is 5.97 Å². The van der Waals surface area contributed by atoms with Crippen LogP contribution in [0.4, 0.5) is 0 Å². The van der Waals surface area contributed by atoms with Gasteiger partial charge in [0.2, 0.25) is 6.29 Å². The minimum Gasteiger partial charge on any atom is -0.432 e. The summed E-state index contributed by atoms with van der Waals surface area (Å²) in [6, 6.07) is 0. The van der Waals surface area contributed by atoms with Crippen LogP contribution in [0.3, 0.4) is 0 Å². The molecule has 0 aromatic heterocycles. The minimum atomic E-state index is -2.23. The lowest BCUT2D eigenvalue weighted by atomic mass is 9.33. The fourth-order valence-corrected chi connectivity index (χ4v) is 20.3. The lowest BCUT2D eigenvalue weighted by Crippen LogP contribution is -2.69. The quantitative estimate of drug-likeness (QED) is 0.0345. The standard InChI is InChI=1S/C70H114O35/c1-26-38(77)43(82)47(86)58(94-26)103-55-51(90)62(98-34(22-73)53(55)101-59-49(88)45(84)52(33(21-72)97-59)100-57-46(85)40(79)30(75)23-92-57)102-54-39(78)27(2)95-61(50(54)89)104-56-41(80)31(76)24-93-63(56)99-37-12-13-66(5)35(67(37,6)25-74)11-14-69(8)36(66)10-9-28-29-19-65(3,4)15-17-70(29,18-16-68(28,69)7)64(91)105-60-48(87)44(83)42(81)32(20-71)96-60/h9,26-27,29-63,71-90H,10-25H2,1-8H3/t26-,27-,29+,30-,31-,32-,33-,34+,35+,36+,37-,38-,39-,40+,41+,42-,43+,44+,45-,46-,47-,48-,49-,50-,51+,52-,53+,54+,55+,56-,57+,58+,59+,60+,61+,62-,63+,66-,67-,68+,69+,70+/m0/s1. The lowest BCUT2D eigenvalue weighted by molar-refractivity contribution is -0.406. The Morgan fingerprint density at radius 2 is 0.943 bits per heavy atom. The summed E-state index contributed by atoms with van der Waals surface area (Å²) in [6.45, 7) is 12.0. The summed E-state index contributed by atoms with van der Waals surface area (Å²) in [5.41, 5.74) is -2.11. The highest BCUT2D eigenvalue weighted by Gasteiger charge is 2.71. The predicted octanol–water partition coefficient (Wildman–Crippen LogP) is -6.26. The number of carbonyl (C=O) groups excluding carboxylic acids is 1. The van der Waals surface area contributed by atoms with E-state index in [9.17, 15) is 107 Å². The van der Waals surface area contributed by atoms with Crippen LogP contribution in [-0.2, 0) is 71.1 Å². The molecule has 35 heteroatoms. The molecule has 0 aromatic carbocycles. The van der Waals surface area contributed by atoms with Gasteiger partial charge in [-0.25, -0.2) is 0 Å². The summed E-state index contributed by atoms with van der Waals surface area (Å²) in [5, 5.41) is 221. The number of rotatable bonds is 18. The summed E-state index contributed by atoms with van der Waals surface area (Å²) in [6.07, 6.45) is -51.2. The average Bonchev–Trinajstić information content (AvgIpc) is 0.674. The maximum Gasteiger partial charge on any atom is 0.315 e. The first-order valence-corrected chi connectivity index (χ1v) is 37.1. The Balaban J connectivity index is 0.752. The van der Waals surface area contributed by atoms with Gasteiger partial charge in [-0.15, -0.1) is 0 Å². The number of hydrogen-bond acceptors (Lipinski definition) is 35. The molecule has 0 aromatic rings. The zero-order valence-electron chi connectivity index (χ0n) is 60.3. The Morgan fingerprint density at radius 1 is 0.438 bits per heavy atom. The van der Waals surface area contributed by atoms with Gasteiger partial charge < -0.3 is 168 Å². The van der Waals surface area contributed by atoms with Crippen LogP contribution in [0.15, 0.2) is 11.6 Å². The predicted molar refractivity (Wildman–Crippen MR) is 347 cm³/mol. The summed E-state index contributed by atoms with van der Waals surface area (Å²) < 4.78 is 84.3. The van der Waals surface area contributed by atoms with Crippen LogP contribution in [0, 0.1) is 50.2 Å². The second-order valence-corrected chi connectivity index (χ2v) is 33.6. The van der Waals surface area contributed by atoms with Crippen molar-refractivity contribution < 1.29 is 173 Å². The van der Waals surface area contributed by atoms with E-state index in [2.05, 4.69) is 40.7 Å². The fourth-order valence-electron chi connectivity index (χ4n) is 20.3. The van der Waals surface area contributed by atoms with Crippen molar-refractivity contribution in [1.29, 1.82) is 0 Å². The average molecular weight is 1520 g/mol. The highest BCUT2D eigenvalue weighted by atomic mass is 16.8. The van der Waals surface area contributed by atoms with Gasteiger partial charge in [0.1, 0.15) is 146 Å². The van der Waals surface area contributed by atoms with E-state index in [1.54, 1.807) is 0 Å². The molecule has 12 rings (SSSR count). The van der Waals surface area contributed by atoms with Gasteiger partial charge in [-0.2, -0.15) is 0 Å². The Kier molecular flexibility index (Phi) is 24.6. The summed E-state index contributed by atoms with van der Waals surface area (Å²) in [4.78, 5) is 14.9. The monoisotopic (exact) mass is 1510 g/mol. The topological polar surface area (TPSA) is 551 Å². The number of aliphatic hydroxyl groups is 20. The molecule has 4 saturated carbocycles. The second kappa shape index (κ2) is 31.3. The van der Waals surface area contributed by atoms with E-state index in [4.69, 9.17) is 66.3 Å². The largest absolute Gasteiger partial charge is 0.432 e. The number of fused-ring (bicyclic) bond motifs is 7. The summed E-state index contributed by atoms with van der Waals surface area (Å²) >= 11 is 0. The molecular weight excluding hydrogens is 1400 g/mol. The smallest absolute Gasteiger partial charge is 0.315 e. The number of hydrogen-bond donors (Lipinski definition) is 20. The van der Waals surface area contributed by atoms with Crippen LogP contribution in [-0.4, -0.2) is 357 Å². The molecule has 5 aliphatic carbocycles. The molecule has 42 atom stereocenters. The zero-order valence-corrected chi connectivity index (χ0v) is 60.3. The van der Waals surface area contributed by atoms with Crippen molar-refractivity contribution in [2.75, 3.05) is 39.6 Å². The molecule has 7 aliphatic heterocycles. The lowest BCUT2D eigenvalue weighted by Gasteiger charge is -2.71. The molecule has 12 aliphatic rings. The van der Waals surface area contributed by atoms with Gasteiger partial charge in [0.05, 0.1) is 63.4 Å². The van der Waals surface area contributed by atoms with E-state index >= 15 is 0 Å². The first-order chi connectivity index (χ1) is 49.4. The van der Waals surface area contributed by atoms with Crippen molar-refractivity contribution in [2.45, 2.75) is 328 Å². The Bertz CT molecular complexity index is 2970. The molecular formula is C70H114O35. The van der Waals surface area contributed by atoms with E-state index in [0.717, 1.165) is 12.8 Å². The molecule has 604 valence electrons. The van der Waals surface area contributed by atoms with Crippen molar-refractivity contribution in [3.8, 4) is 0 Å². The van der Waals surface area contributed by atoms with Gasteiger partial charge in [-0.05, 0) is 117 Å². The molecule has 0 radical (unpaired) electrons. The number of esters is 1. The fraction of sp³-hybridized carbons (Fsp3) is 0.957. The third kappa shape index (κ3) is 14.4. The number of ether oxygens (including phenoxy) is 14. The third-order valence-corrected chi connectivity index (χ3v) is 27.0. The maximum absolute atomic E-state index is 14.9. The molecule has 11 fully saturated rings. The van der Waals surface area contributed by atoms with Gasteiger partial charge in [0.15, 0.2) is 37.7 Å². The van der Waals surface area contributed by atoms with Crippen LogP contribution in [0.5, 0.6) is 0 Å². The van der Waals surface area contributed by atoms with Crippen LogP contribution < -0.4 is 0 Å². The maximum atomic E-state index is 14.9. The molecule has 7 heterocycles. The number of carbonyl (C=O) groups is 1. The van der Waals surface area contributed by atoms with Crippen molar-refractivity contribution in [1.82, 2.24) is 0 Å². The molecule has 0 bridgehead atoms. The Hall–Kier alpha value is -2.11. The van der Waals surface area contributed by atoms with Gasteiger partial charge in [0, 0.05) is 5.41 Å². The van der Waals surface area contributed by atoms with E-state index in [0.29, 0.717) is 51.4 Å². The third-order valence-electron chi connectivity index (χ3n) is 27.0. The van der Waals surface area contributed by atoms with Crippen LogP contribution in [0.1, 0.15) is 120 Å². The molecule has 0 unspecified atom stereocenters. The Morgan fingerprint density at radius 3 is 1.60 bits per heavy atom.